The Balaban J connectivity index is 0.718. The van der Waals surface area contributed by atoms with Crippen LogP contribution in [0, 0.1) is 0 Å². The van der Waals surface area contributed by atoms with Crippen LogP contribution in [0.4, 0.5) is 11.6 Å². The van der Waals surface area contributed by atoms with Crippen LogP contribution in [-0.2, 0) is 27.4 Å². The van der Waals surface area contributed by atoms with Gasteiger partial charge in [-0.25, -0.2) is 19.9 Å². The Morgan fingerprint density at radius 1 is 0.581 bits per heavy atom. The number of anilines is 2. The smallest absolute Gasteiger partial charge is 0.169 e. The van der Waals surface area contributed by atoms with Crippen molar-refractivity contribution in [1.29, 1.82) is 0 Å². The van der Waals surface area contributed by atoms with Crippen molar-refractivity contribution in [2.45, 2.75) is 25.2 Å². The van der Waals surface area contributed by atoms with Crippen molar-refractivity contribution >= 4 is 82.3 Å². The van der Waals surface area contributed by atoms with Crippen molar-refractivity contribution in [1.82, 2.24) is 69.7 Å². The number of ketones is 1. The number of nitrogens with zero attached hydrogens (tertiary/aromatic N) is 14. The minimum absolute atomic E-state index is 0.199. The van der Waals surface area contributed by atoms with Crippen molar-refractivity contribution in [3.8, 4) is 22.8 Å². The average Bonchev–Trinajstić information content (AvgIpc) is 4.27. The molecule has 2 atom stereocenters. The van der Waals surface area contributed by atoms with Crippen molar-refractivity contribution in [3.63, 3.8) is 0 Å². The molecule has 6 aromatic heterocycles. The summed E-state index contributed by atoms with van der Waals surface area (Å²) in [5.74, 6) is 3.72. The lowest BCUT2D eigenvalue weighted by atomic mass is 9.99. The number of ether oxygens (including phenoxy) is 2. The first-order valence-corrected chi connectivity index (χ1v) is 27.7. The van der Waals surface area contributed by atoms with Gasteiger partial charge in [0, 0.05) is 136 Å². The van der Waals surface area contributed by atoms with Gasteiger partial charge in [-0.3, -0.25) is 34.6 Å². The van der Waals surface area contributed by atoms with Crippen LogP contribution in [0.1, 0.15) is 9.75 Å². The Morgan fingerprint density at radius 2 is 1.00 bits per heavy atom. The summed E-state index contributed by atoms with van der Waals surface area (Å²) in [7, 11) is 8.38. The molecule has 4 aliphatic rings. The maximum Gasteiger partial charge on any atom is 0.169 e. The number of rotatable bonds is 16. The number of H-pyrrole nitrogens is 2. The van der Waals surface area contributed by atoms with Crippen molar-refractivity contribution < 1.29 is 14.3 Å². The number of fused-ring (bicyclic) bond motifs is 4. The van der Waals surface area contributed by atoms with Gasteiger partial charge in [0.15, 0.2) is 29.1 Å². The maximum absolute atomic E-state index is 15.1. The zero-order valence-electron chi connectivity index (χ0n) is 42.9. The van der Waals surface area contributed by atoms with E-state index in [2.05, 4.69) is 112 Å². The molecule has 19 nitrogen and oxygen atoms in total. The van der Waals surface area contributed by atoms with Crippen LogP contribution < -0.4 is 9.80 Å². The standard InChI is InChI=1S/C53H66N16O3S2/c1-62(2)33-45(66-15-11-64(12-16-66)31-35-27-43-48(73-35)52(68-19-23-71-24-20-68)58-50(56-43)37-7-5-9-41-39(37)29-54-60-41)47(70)46(34-63(3)4)67-17-13-65(14-18-67)32-36-28-44-49(74-36)53(69-21-25-72-26-22-69)59-51(57-44)38-8-6-10-42-40(38)30-55-61-42/h5-10,27-30,45-46H,11-26,31-34H2,1-4H3,(H,54,60)(H,55,61). The highest BCUT2D eigenvalue weighted by molar-refractivity contribution is 7.20. The number of aromatic amines is 2. The molecule has 10 heterocycles. The van der Waals surface area contributed by atoms with E-state index in [-0.39, 0.29) is 12.1 Å². The zero-order chi connectivity index (χ0) is 50.3. The SMILES string of the molecule is CN(C)CC(C(=O)C(CN(C)C)N1CCN(Cc2cc3nc(-c4cccc5[nH]ncc45)nc(N4CCOCC4)c3s2)CC1)N1CCN(Cc2cc3nc(-c4cccc5[nH]ncc45)nc(N4CCOCC4)c3s2)CC1. The molecule has 8 aromatic rings. The average molecular weight is 1040 g/mol. The lowest BCUT2D eigenvalue weighted by Crippen LogP contribution is -2.62. The number of hydrogen-bond donors (Lipinski definition) is 2. The van der Waals surface area contributed by atoms with Crippen LogP contribution in [0.2, 0.25) is 0 Å². The van der Waals surface area contributed by atoms with Crippen LogP contribution in [0.3, 0.4) is 0 Å². The Labute approximate surface area is 439 Å². The fourth-order valence-electron chi connectivity index (χ4n) is 11.2. The second kappa shape index (κ2) is 21.6. The molecule has 4 saturated heterocycles. The van der Waals surface area contributed by atoms with Crippen molar-refractivity contribution in [3.05, 3.63) is 70.7 Å². The van der Waals surface area contributed by atoms with Gasteiger partial charge in [0.05, 0.1) is 82.4 Å². The summed E-state index contributed by atoms with van der Waals surface area (Å²) in [6, 6.07) is 16.4. The fraction of sp³-hybridized carbons (Fsp3) is 0.491. The molecule has 0 spiro atoms. The minimum Gasteiger partial charge on any atom is -0.378 e. The van der Waals surface area contributed by atoms with Crippen LogP contribution in [-0.4, -0.2) is 234 Å². The maximum atomic E-state index is 15.1. The quantitative estimate of drug-likeness (QED) is 0.135. The van der Waals surface area contributed by atoms with E-state index in [1.54, 1.807) is 22.7 Å². The van der Waals surface area contributed by atoms with Gasteiger partial charge in [0.2, 0.25) is 0 Å². The van der Waals surface area contributed by atoms with Crippen molar-refractivity contribution in [2.75, 3.05) is 156 Å². The third-order valence-electron chi connectivity index (χ3n) is 15.1. The summed E-state index contributed by atoms with van der Waals surface area (Å²) in [5.41, 5.74) is 5.83. The van der Waals surface area contributed by atoms with E-state index in [0.29, 0.717) is 56.9 Å². The molecule has 0 amide bonds. The number of benzene rings is 2. The zero-order valence-corrected chi connectivity index (χ0v) is 44.5. The van der Waals surface area contributed by atoms with E-state index < -0.39 is 0 Å². The first-order chi connectivity index (χ1) is 36.2. The number of nitrogens with one attached hydrogen (secondary N) is 2. The van der Waals surface area contributed by atoms with E-state index >= 15 is 4.79 Å². The monoisotopic (exact) mass is 1040 g/mol. The lowest BCUT2D eigenvalue weighted by Gasteiger charge is -2.44. The Bertz CT molecular complexity index is 3020. The van der Waals surface area contributed by atoms with Gasteiger partial charge in [-0.05, 0) is 52.5 Å². The largest absolute Gasteiger partial charge is 0.378 e. The second-order valence-corrected chi connectivity index (χ2v) is 22.9. The normalized spacial score (nSPS) is 19.1. The second-order valence-electron chi connectivity index (χ2n) is 20.7. The highest BCUT2D eigenvalue weighted by Crippen LogP contribution is 2.38. The number of morpholine rings is 2. The molecule has 21 heteroatoms. The van der Waals surface area contributed by atoms with Gasteiger partial charge in [-0.2, -0.15) is 10.2 Å². The number of likely N-dealkylation sites (N-methyl/N-ethyl adjacent to an activating group) is 2. The van der Waals surface area contributed by atoms with E-state index in [0.717, 1.165) is 157 Å². The number of carbonyl (C=O) groups is 1. The highest BCUT2D eigenvalue weighted by atomic mass is 32.1. The molecule has 74 heavy (non-hydrogen) atoms. The molecule has 388 valence electrons. The first kappa shape index (κ1) is 49.3. The van der Waals surface area contributed by atoms with Crippen LogP contribution in [0.15, 0.2) is 60.9 Å². The third kappa shape index (κ3) is 10.3. The van der Waals surface area contributed by atoms with Gasteiger partial charge in [-0.15, -0.1) is 22.7 Å². The minimum atomic E-state index is -0.199. The van der Waals surface area contributed by atoms with Gasteiger partial charge in [-0.1, -0.05) is 24.3 Å². The number of hydrogen-bond acceptors (Lipinski definition) is 19. The molecule has 2 aromatic carbocycles. The first-order valence-electron chi connectivity index (χ1n) is 26.1. The molecule has 4 fully saturated rings. The number of thiophene rings is 2. The van der Waals surface area contributed by atoms with Crippen LogP contribution in [0.5, 0.6) is 0 Å². The molecule has 12 rings (SSSR count). The van der Waals surface area contributed by atoms with Gasteiger partial charge in [0.25, 0.3) is 0 Å². The Kier molecular flexibility index (Phi) is 14.4. The summed E-state index contributed by atoms with van der Waals surface area (Å²) in [4.78, 5) is 57.6. The van der Waals surface area contributed by atoms with Crippen LogP contribution >= 0.6 is 22.7 Å². The molecular formula is C53H66N16O3S2. The summed E-state index contributed by atoms with van der Waals surface area (Å²) in [6.07, 6.45) is 3.72. The lowest BCUT2D eigenvalue weighted by molar-refractivity contribution is -0.132. The molecule has 2 unspecified atom stereocenters. The third-order valence-corrected chi connectivity index (χ3v) is 17.3. The Morgan fingerprint density at radius 3 is 1.41 bits per heavy atom. The van der Waals surface area contributed by atoms with E-state index in [4.69, 9.17) is 29.4 Å². The van der Waals surface area contributed by atoms with E-state index in [1.807, 2.05) is 36.7 Å². The van der Waals surface area contributed by atoms with E-state index in [1.165, 1.54) is 9.75 Å². The molecule has 0 saturated carbocycles. The number of aromatic nitrogens is 8. The molecule has 4 aliphatic heterocycles. The molecule has 2 N–H and O–H groups in total. The summed E-state index contributed by atoms with van der Waals surface area (Å²) in [6.45, 7) is 15.8. The van der Waals surface area contributed by atoms with Crippen molar-refractivity contribution in [2.24, 2.45) is 0 Å². The predicted octanol–water partition coefficient (Wildman–Crippen LogP) is 4.82. The summed E-state index contributed by atoms with van der Waals surface area (Å²) >= 11 is 3.61. The van der Waals surface area contributed by atoms with Gasteiger partial charge < -0.3 is 29.1 Å². The molecule has 0 bridgehead atoms. The number of Topliss-reactive ketones (excluding diaryl/α,β-unsaturated/α-hetero) is 1. The fourth-order valence-corrected chi connectivity index (χ4v) is 13.5. The highest BCUT2D eigenvalue weighted by Gasteiger charge is 2.38. The topological polar surface area (TPSA) is 170 Å². The number of carbonyl (C=O) groups excluding carboxylic acids is 1. The molecule has 0 radical (unpaired) electrons. The van der Waals surface area contributed by atoms with Gasteiger partial charge >= 0.3 is 0 Å². The molecule has 0 aliphatic carbocycles. The summed E-state index contributed by atoms with van der Waals surface area (Å²) in [5, 5.41) is 16.8. The predicted molar refractivity (Wildman–Crippen MR) is 294 cm³/mol. The Hall–Kier alpha value is -5.59. The number of piperazine rings is 2. The van der Waals surface area contributed by atoms with Gasteiger partial charge in [0.1, 0.15) is 0 Å². The van der Waals surface area contributed by atoms with Crippen LogP contribution in [0.25, 0.3) is 65.0 Å². The molecular weight excluding hydrogens is 973 g/mol. The van der Waals surface area contributed by atoms with E-state index in [9.17, 15) is 0 Å². The summed E-state index contributed by atoms with van der Waals surface area (Å²) < 4.78 is 13.7.